The Hall–Kier alpha value is -0.800. The van der Waals surface area contributed by atoms with Gasteiger partial charge < -0.3 is 9.64 Å². The molecule has 0 radical (unpaired) electrons. The summed E-state index contributed by atoms with van der Waals surface area (Å²) in [5.41, 5.74) is 0. The molecule has 1 aliphatic rings. The van der Waals surface area contributed by atoms with Crippen LogP contribution in [0.4, 0.5) is 9.18 Å². The first-order valence-corrected chi connectivity index (χ1v) is 3.79. The number of alkyl halides is 1. The van der Waals surface area contributed by atoms with Crippen LogP contribution in [0, 0.1) is 0 Å². The Balaban J connectivity index is 2.36. The highest BCUT2D eigenvalue weighted by Crippen LogP contribution is 2.13. The molecular formula is C7H12FNO2. The highest BCUT2D eigenvalue weighted by molar-refractivity contribution is 5.69. The van der Waals surface area contributed by atoms with Crippen LogP contribution in [-0.4, -0.2) is 36.9 Å². The van der Waals surface area contributed by atoms with E-state index in [1.54, 1.807) is 4.90 Å². The summed E-state index contributed by atoms with van der Waals surface area (Å²) in [4.78, 5) is 12.4. The van der Waals surface area contributed by atoms with Gasteiger partial charge >= 0.3 is 6.09 Å². The van der Waals surface area contributed by atoms with Crippen molar-refractivity contribution in [1.29, 1.82) is 0 Å². The molecule has 0 spiro atoms. The van der Waals surface area contributed by atoms with Crippen molar-refractivity contribution in [3.05, 3.63) is 0 Å². The second-order valence-electron chi connectivity index (χ2n) is 2.52. The van der Waals surface area contributed by atoms with Gasteiger partial charge in [-0.3, -0.25) is 4.39 Å². The zero-order valence-electron chi connectivity index (χ0n) is 6.55. The van der Waals surface area contributed by atoms with Gasteiger partial charge in [-0.1, -0.05) is 0 Å². The number of nitrogens with zero attached hydrogens (tertiary/aromatic N) is 1. The maximum Gasteiger partial charge on any atom is 0.410 e. The Morgan fingerprint density at radius 1 is 1.82 bits per heavy atom. The Morgan fingerprint density at radius 3 is 3.00 bits per heavy atom. The first-order valence-electron chi connectivity index (χ1n) is 3.79. The smallest absolute Gasteiger partial charge is 0.410 e. The molecule has 1 atom stereocenters. The molecule has 0 aromatic heterocycles. The number of hydrogen-bond donors (Lipinski definition) is 0. The van der Waals surface area contributed by atoms with Gasteiger partial charge in [0, 0.05) is 13.0 Å². The molecule has 1 saturated heterocycles. The van der Waals surface area contributed by atoms with E-state index in [1.165, 1.54) is 0 Å². The van der Waals surface area contributed by atoms with Gasteiger partial charge in [-0.2, -0.15) is 0 Å². The summed E-state index contributed by atoms with van der Waals surface area (Å²) in [6, 6.07) is 0. The van der Waals surface area contributed by atoms with Gasteiger partial charge in [-0.25, -0.2) is 4.79 Å². The maximum atomic E-state index is 11.8. The average molecular weight is 161 g/mol. The first-order chi connectivity index (χ1) is 5.27. The molecule has 1 unspecified atom stereocenters. The number of halogens is 1. The Morgan fingerprint density at radius 2 is 2.55 bits per heavy atom. The molecule has 0 aromatic rings. The molecule has 0 aliphatic carbocycles. The van der Waals surface area contributed by atoms with Crippen molar-refractivity contribution in [1.82, 2.24) is 4.90 Å². The Bertz CT molecular complexity index is 151. The monoisotopic (exact) mass is 161 g/mol. The van der Waals surface area contributed by atoms with E-state index in [4.69, 9.17) is 4.74 Å². The van der Waals surface area contributed by atoms with E-state index in [-0.39, 0.29) is 12.2 Å². The third kappa shape index (κ3) is 1.82. The van der Waals surface area contributed by atoms with Crippen molar-refractivity contribution in [3.8, 4) is 0 Å². The number of amides is 1. The van der Waals surface area contributed by atoms with E-state index in [1.807, 2.05) is 6.92 Å². The summed E-state index contributed by atoms with van der Waals surface area (Å²) < 4.78 is 16.6. The molecule has 0 saturated carbocycles. The lowest BCUT2D eigenvalue weighted by molar-refractivity contribution is 0.125. The average Bonchev–Trinajstić information content (AvgIpc) is 2.32. The Labute approximate surface area is 65.1 Å². The van der Waals surface area contributed by atoms with Crippen LogP contribution in [0.3, 0.4) is 0 Å². The normalized spacial score (nSPS) is 24.0. The fourth-order valence-corrected chi connectivity index (χ4v) is 1.10. The van der Waals surface area contributed by atoms with Crippen LogP contribution < -0.4 is 0 Å². The molecule has 0 N–H and O–H groups in total. The summed E-state index contributed by atoms with van der Waals surface area (Å²) in [6.07, 6.45) is -0.221. The lowest BCUT2D eigenvalue weighted by atomic mass is 10.3. The number of rotatable bonds is 3. The molecule has 1 amide bonds. The molecule has 0 aromatic carbocycles. The number of ether oxygens (including phenoxy) is 1. The largest absolute Gasteiger partial charge is 0.444 e. The molecule has 3 nitrogen and oxygen atoms in total. The summed E-state index contributed by atoms with van der Waals surface area (Å²) in [6.45, 7) is 2.63. The van der Waals surface area contributed by atoms with Crippen molar-refractivity contribution < 1.29 is 13.9 Å². The molecule has 1 aliphatic heterocycles. The number of hydrogen-bond acceptors (Lipinski definition) is 2. The number of carbonyl (C=O) groups excluding carboxylic acids is 1. The van der Waals surface area contributed by atoms with Gasteiger partial charge in [0.15, 0.2) is 0 Å². The maximum absolute atomic E-state index is 11.8. The van der Waals surface area contributed by atoms with Crippen LogP contribution in [0.15, 0.2) is 0 Å². The third-order valence-electron chi connectivity index (χ3n) is 1.76. The lowest BCUT2D eigenvalue weighted by Gasteiger charge is -2.07. The highest BCUT2D eigenvalue weighted by atomic mass is 19.1. The predicted molar refractivity (Wildman–Crippen MR) is 38.1 cm³/mol. The van der Waals surface area contributed by atoms with E-state index >= 15 is 0 Å². The quantitative estimate of drug-likeness (QED) is 0.622. The standard InChI is InChI=1S/C7H12FNO2/c1-2-9-5-6(3-4-8)11-7(9)10/h6H,2-5H2,1H3. The minimum absolute atomic E-state index is 0.229. The van der Waals surface area contributed by atoms with Crippen LogP contribution in [-0.2, 0) is 4.74 Å². The fourth-order valence-electron chi connectivity index (χ4n) is 1.10. The summed E-state index contributed by atoms with van der Waals surface area (Å²) in [7, 11) is 0. The highest BCUT2D eigenvalue weighted by Gasteiger charge is 2.29. The number of cyclic esters (lactones) is 1. The van der Waals surface area contributed by atoms with Crippen LogP contribution >= 0.6 is 0 Å². The second-order valence-corrected chi connectivity index (χ2v) is 2.52. The molecule has 11 heavy (non-hydrogen) atoms. The zero-order chi connectivity index (χ0) is 8.27. The number of carbonyl (C=O) groups is 1. The third-order valence-corrected chi connectivity index (χ3v) is 1.76. The second kappa shape index (κ2) is 3.55. The molecular weight excluding hydrogens is 149 g/mol. The van der Waals surface area contributed by atoms with Crippen LogP contribution in [0.2, 0.25) is 0 Å². The molecule has 4 heteroatoms. The van der Waals surface area contributed by atoms with Gasteiger partial charge in [0.2, 0.25) is 0 Å². The topological polar surface area (TPSA) is 29.5 Å². The van der Waals surface area contributed by atoms with Crippen LogP contribution in [0.1, 0.15) is 13.3 Å². The van der Waals surface area contributed by atoms with E-state index < -0.39 is 6.67 Å². The molecule has 1 rings (SSSR count). The molecule has 64 valence electrons. The van der Waals surface area contributed by atoms with Gasteiger partial charge in [-0.05, 0) is 6.92 Å². The Kier molecular flexibility index (Phi) is 2.68. The van der Waals surface area contributed by atoms with Gasteiger partial charge in [0.1, 0.15) is 6.10 Å². The minimum Gasteiger partial charge on any atom is -0.444 e. The van der Waals surface area contributed by atoms with Crippen molar-refractivity contribution in [3.63, 3.8) is 0 Å². The van der Waals surface area contributed by atoms with E-state index in [2.05, 4.69) is 0 Å². The van der Waals surface area contributed by atoms with Crippen molar-refractivity contribution >= 4 is 6.09 Å². The van der Waals surface area contributed by atoms with Gasteiger partial charge in [-0.15, -0.1) is 0 Å². The van der Waals surface area contributed by atoms with Crippen molar-refractivity contribution in [2.45, 2.75) is 19.4 Å². The lowest BCUT2D eigenvalue weighted by Crippen LogP contribution is -2.24. The van der Waals surface area contributed by atoms with Crippen LogP contribution in [0.5, 0.6) is 0 Å². The van der Waals surface area contributed by atoms with Crippen molar-refractivity contribution in [2.24, 2.45) is 0 Å². The minimum atomic E-state index is -0.421. The summed E-state index contributed by atoms with van der Waals surface area (Å²) in [5, 5.41) is 0. The predicted octanol–water partition coefficient (Wildman–Crippen LogP) is 1.19. The molecule has 1 heterocycles. The van der Waals surface area contributed by atoms with E-state index in [9.17, 15) is 9.18 Å². The zero-order valence-corrected chi connectivity index (χ0v) is 6.55. The van der Waals surface area contributed by atoms with E-state index in [0.29, 0.717) is 19.5 Å². The van der Waals surface area contributed by atoms with Crippen LogP contribution in [0.25, 0.3) is 0 Å². The summed E-state index contributed by atoms with van der Waals surface area (Å²) in [5.74, 6) is 0. The van der Waals surface area contributed by atoms with Gasteiger partial charge in [0.05, 0.1) is 13.2 Å². The van der Waals surface area contributed by atoms with E-state index in [0.717, 1.165) is 0 Å². The van der Waals surface area contributed by atoms with Crippen molar-refractivity contribution in [2.75, 3.05) is 19.8 Å². The molecule has 0 bridgehead atoms. The fraction of sp³-hybridized carbons (Fsp3) is 0.857. The number of likely N-dealkylation sites (N-methyl/N-ethyl adjacent to an activating group) is 1. The SMILES string of the molecule is CCN1CC(CCF)OC1=O. The first kappa shape index (κ1) is 8.30. The molecule has 1 fully saturated rings. The summed E-state index contributed by atoms with van der Waals surface area (Å²) >= 11 is 0. The van der Waals surface area contributed by atoms with Gasteiger partial charge in [0.25, 0.3) is 0 Å².